The summed E-state index contributed by atoms with van der Waals surface area (Å²) in [6.07, 6.45) is 6.62. The number of amides is 1. The van der Waals surface area contributed by atoms with Gasteiger partial charge in [-0.3, -0.25) is 9.78 Å². The molecular weight excluding hydrogens is 403 g/mol. The maximum Gasteiger partial charge on any atom is 0.251 e. The Morgan fingerprint density at radius 3 is 2.17 bits per heavy atom. The zero-order valence-electron chi connectivity index (χ0n) is 18.4. The molecule has 0 atom stereocenters. The van der Waals surface area contributed by atoms with E-state index in [0.29, 0.717) is 11.5 Å². The highest BCUT2D eigenvalue weighted by Gasteiger charge is 2.22. The van der Waals surface area contributed by atoms with Crippen molar-refractivity contribution in [1.82, 2.24) is 4.98 Å². The van der Waals surface area contributed by atoms with Crippen LogP contribution >= 0.6 is 24.8 Å². The Morgan fingerprint density at radius 2 is 1.66 bits per heavy atom. The first kappa shape index (κ1) is 27.4. The summed E-state index contributed by atoms with van der Waals surface area (Å²) in [6, 6.07) is 8.40. The van der Waals surface area contributed by atoms with Crippen molar-refractivity contribution in [3.63, 3.8) is 0 Å². The number of carbonyl (C=O) groups excluding carboxylic acids is 1. The molecule has 162 valence electrons. The molecule has 1 heterocycles. The van der Waals surface area contributed by atoms with Crippen LogP contribution in [0.25, 0.3) is 11.1 Å². The maximum absolute atomic E-state index is 12.3. The summed E-state index contributed by atoms with van der Waals surface area (Å²) in [7, 11) is 0. The van der Waals surface area contributed by atoms with Gasteiger partial charge in [0.1, 0.15) is 0 Å². The number of carbonyl (C=O) groups is 1. The van der Waals surface area contributed by atoms with E-state index in [1.165, 1.54) is 30.4 Å². The molecule has 0 bridgehead atoms. The molecule has 29 heavy (non-hydrogen) atoms. The van der Waals surface area contributed by atoms with Crippen LogP contribution in [-0.2, 0) is 12.8 Å². The Kier molecular flexibility index (Phi) is 12.2. The molecule has 3 nitrogen and oxygen atoms in total. The summed E-state index contributed by atoms with van der Waals surface area (Å²) in [5, 5.41) is 0. The number of benzene rings is 1. The van der Waals surface area contributed by atoms with Gasteiger partial charge in [-0.1, -0.05) is 69.9 Å². The number of unbranched alkanes of at least 4 members (excludes halogenated alkanes) is 3. The molecule has 2 rings (SSSR count). The number of hydrogen-bond donors (Lipinski definition) is 1. The van der Waals surface area contributed by atoms with Crippen molar-refractivity contribution >= 4 is 30.7 Å². The van der Waals surface area contributed by atoms with Gasteiger partial charge in [0.2, 0.25) is 0 Å². The highest BCUT2D eigenvalue weighted by atomic mass is 35.5. The van der Waals surface area contributed by atoms with E-state index >= 15 is 0 Å². The molecule has 2 N–H and O–H groups in total. The number of aromatic nitrogens is 1. The van der Waals surface area contributed by atoms with Crippen molar-refractivity contribution in [3.05, 3.63) is 52.3 Å². The summed E-state index contributed by atoms with van der Waals surface area (Å²) in [5.74, 6) is 0.123. The molecule has 0 aliphatic rings. The van der Waals surface area contributed by atoms with E-state index in [9.17, 15) is 4.79 Å². The fourth-order valence-corrected chi connectivity index (χ4v) is 3.70. The van der Waals surface area contributed by atoms with Crippen LogP contribution in [0.3, 0.4) is 0 Å². The van der Waals surface area contributed by atoms with Crippen LogP contribution in [0.5, 0.6) is 0 Å². The van der Waals surface area contributed by atoms with Gasteiger partial charge in [-0.25, -0.2) is 0 Å². The minimum absolute atomic E-state index is 0. The lowest BCUT2D eigenvalue weighted by Crippen LogP contribution is -2.19. The molecule has 0 fully saturated rings. The highest BCUT2D eigenvalue weighted by Crippen LogP contribution is 2.33. The molecule has 0 saturated carbocycles. The zero-order chi connectivity index (χ0) is 20.0. The van der Waals surface area contributed by atoms with Crippen LogP contribution in [0.1, 0.15) is 79.3 Å². The van der Waals surface area contributed by atoms with Crippen molar-refractivity contribution < 1.29 is 4.79 Å². The minimum atomic E-state index is -0.388. The molecule has 1 aromatic heterocycles. The van der Waals surface area contributed by atoms with E-state index in [1.807, 2.05) is 6.92 Å². The Labute approximate surface area is 188 Å². The number of halogens is 2. The normalized spacial score (nSPS) is 10.4. The van der Waals surface area contributed by atoms with Crippen molar-refractivity contribution in [1.29, 1.82) is 0 Å². The smallest absolute Gasteiger partial charge is 0.251 e. The Hall–Kier alpha value is -1.58. The average molecular weight is 439 g/mol. The molecule has 2 aromatic rings. The van der Waals surface area contributed by atoms with Gasteiger partial charge in [-0.2, -0.15) is 0 Å². The number of nitrogens with two attached hydrogens (primary N) is 1. The van der Waals surface area contributed by atoms with Crippen LogP contribution in [0, 0.1) is 19.8 Å². The summed E-state index contributed by atoms with van der Waals surface area (Å²) in [6.45, 7) is 10.6. The second-order valence-corrected chi connectivity index (χ2v) is 8.01. The molecule has 5 heteroatoms. The summed E-state index contributed by atoms with van der Waals surface area (Å²) < 4.78 is 0. The van der Waals surface area contributed by atoms with Gasteiger partial charge in [0, 0.05) is 11.3 Å². The Balaban J connectivity index is 0.00000392. The SMILES string of the molecule is CCCCCCc1c(CC(C)C)nc(C)c(C(N)=O)c1-c1ccc(C)cc1.Cl.Cl. The largest absolute Gasteiger partial charge is 0.366 e. The summed E-state index contributed by atoms with van der Waals surface area (Å²) in [5.41, 5.74) is 12.7. The predicted octanol–water partition coefficient (Wildman–Crippen LogP) is 6.63. The molecule has 0 radical (unpaired) electrons. The number of nitrogens with zero attached hydrogens (tertiary/aromatic N) is 1. The van der Waals surface area contributed by atoms with Crippen molar-refractivity contribution in [2.45, 2.75) is 73.1 Å². The van der Waals surface area contributed by atoms with Gasteiger partial charge in [-0.05, 0) is 50.2 Å². The first-order valence-electron chi connectivity index (χ1n) is 10.2. The molecular formula is C24H36Cl2N2O. The third-order valence-electron chi connectivity index (χ3n) is 5.03. The molecule has 1 amide bonds. The molecule has 1 aromatic carbocycles. The fraction of sp³-hybridized carbons (Fsp3) is 0.500. The van der Waals surface area contributed by atoms with Crippen LogP contribution in [-0.4, -0.2) is 10.9 Å². The van der Waals surface area contributed by atoms with Crippen molar-refractivity contribution in [3.8, 4) is 11.1 Å². The monoisotopic (exact) mass is 438 g/mol. The molecule has 0 spiro atoms. The average Bonchev–Trinajstić information content (AvgIpc) is 2.59. The summed E-state index contributed by atoms with van der Waals surface area (Å²) in [4.78, 5) is 17.2. The first-order valence-corrected chi connectivity index (χ1v) is 10.2. The van der Waals surface area contributed by atoms with Gasteiger partial charge < -0.3 is 5.73 Å². The lowest BCUT2D eigenvalue weighted by Gasteiger charge is -2.20. The number of pyridine rings is 1. The first-order chi connectivity index (χ1) is 12.8. The summed E-state index contributed by atoms with van der Waals surface area (Å²) >= 11 is 0. The van der Waals surface area contributed by atoms with Gasteiger partial charge in [0.15, 0.2) is 0 Å². The molecule has 0 saturated heterocycles. The van der Waals surface area contributed by atoms with Gasteiger partial charge in [0.25, 0.3) is 5.91 Å². The van der Waals surface area contributed by atoms with Crippen LogP contribution < -0.4 is 5.73 Å². The lowest BCUT2D eigenvalue weighted by atomic mass is 9.87. The number of hydrogen-bond acceptors (Lipinski definition) is 2. The number of primary amides is 1. The second kappa shape index (κ2) is 12.9. The number of rotatable bonds is 9. The van der Waals surface area contributed by atoms with Gasteiger partial charge >= 0.3 is 0 Å². The molecule has 0 unspecified atom stereocenters. The highest BCUT2D eigenvalue weighted by molar-refractivity contribution is 6.01. The predicted molar refractivity (Wildman–Crippen MR) is 129 cm³/mol. The topological polar surface area (TPSA) is 56.0 Å². The van der Waals surface area contributed by atoms with Crippen molar-refractivity contribution in [2.24, 2.45) is 11.7 Å². The second-order valence-electron chi connectivity index (χ2n) is 8.01. The van der Waals surface area contributed by atoms with Gasteiger partial charge in [-0.15, -0.1) is 24.8 Å². The van der Waals surface area contributed by atoms with E-state index in [4.69, 9.17) is 10.7 Å². The van der Waals surface area contributed by atoms with E-state index in [0.717, 1.165) is 41.8 Å². The van der Waals surface area contributed by atoms with E-state index < -0.39 is 0 Å². The third-order valence-corrected chi connectivity index (χ3v) is 5.03. The lowest BCUT2D eigenvalue weighted by molar-refractivity contribution is 0.1000. The van der Waals surface area contributed by atoms with Crippen molar-refractivity contribution in [2.75, 3.05) is 0 Å². The third kappa shape index (κ3) is 7.31. The fourth-order valence-electron chi connectivity index (χ4n) is 3.70. The van der Waals surface area contributed by atoms with Crippen LogP contribution in [0.2, 0.25) is 0 Å². The van der Waals surface area contributed by atoms with Crippen LogP contribution in [0.4, 0.5) is 0 Å². The molecule has 0 aliphatic carbocycles. The Bertz CT molecular complexity index is 786. The maximum atomic E-state index is 12.3. The van der Waals surface area contributed by atoms with Gasteiger partial charge in [0.05, 0.1) is 11.3 Å². The van der Waals surface area contributed by atoms with Crippen LogP contribution in [0.15, 0.2) is 24.3 Å². The van der Waals surface area contributed by atoms with E-state index in [1.54, 1.807) is 0 Å². The Morgan fingerprint density at radius 1 is 1.03 bits per heavy atom. The zero-order valence-corrected chi connectivity index (χ0v) is 20.0. The quantitative estimate of drug-likeness (QED) is 0.446. The molecule has 0 aliphatic heterocycles. The van der Waals surface area contributed by atoms with E-state index in [-0.39, 0.29) is 30.7 Å². The van der Waals surface area contributed by atoms with E-state index in [2.05, 4.69) is 52.0 Å². The minimum Gasteiger partial charge on any atom is -0.366 e. The standard InChI is InChI=1S/C24H34N2O.2ClH/c1-6-7-8-9-10-20-21(15-16(2)3)26-18(5)22(24(25)27)23(20)19-13-11-17(4)12-14-19;;/h11-14,16H,6-10,15H2,1-5H3,(H2,25,27);2*1H. The number of aryl methyl sites for hydroxylation is 2.